The van der Waals surface area contributed by atoms with Crippen LogP contribution >= 0.6 is 0 Å². The van der Waals surface area contributed by atoms with Crippen LogP contribution in [0, 0.1) is 0 Å². The SMILES string of the molecule is CNc1cc(NS(=O)(=O)CCc2cccc3ccccc23)ccc1CCCN(C)C. The minimum Gasteiger partial charge on any atom is -0.388 e. The van der Waals surface area contributed by atoms with E-state index < -0.39 is 10.0 Å². The number of hydrogen-bond acceptors (Lipinski definition) is 4. The average Bonchev–Trinajstić information content (AvgIpc) is 2.72. The van der Waals surface area contributed by atoms with Crippen molar-refractivity contribution in [2.75, 3.05) is 43.5 Å². The van der Waals surface area contributed by atoms with E-state index in [1.54, 1.807) is 0 Å². The van der Waals surface area contributed by atoms with Crippen LogP contribution in [-0.4, -0.2) is 46.8 Å². The van der Waals surface area contributed by atoms with Crippen LogP contribution in [0.4, 0.5) is 11.4 Å². The van der Waals surface area contributed by atoms with Gasteiger partial charge in [0.2, 0.25) is 10.0 Å². The van der Waals surface area contributed by atoms with Crippen LogP contribution in [0.2, 0.25) is 0 Å². The minimum atomic E-state index is -3.45. The van der Waals surface area contributed by atoms with Crippen molar-refractivity contribution in [3.63, 3.8) is 0 Å². The quantitative estimate of drug-likeness (QED) is 0.507. The van der Waals surface area contributed by atoms with Crippen LogP contribution in [0.5, 0.6) is 0 Å². The summed E-state index contributed by atoms with van der Waals surface area (Å²) in [6.45, 7) is 1.02. The Labute approximate surface area is 180 Å². The molecule has 0 aliphatic heterocycles. The van der Waals surface area contributed by atoms with Crippen LogP contribution in [-0.2, 0) is 22.9 Å². The lowest BCUT2D eigenvalue weighted by Gasteiger charge is -2.15. The number of benzene rings is 3. The van der Waals surface area contributed by atoms with E-state index in [0.717, 1.165) is 41.4 Å². The summed E-state index contributed by atoms with van der Waals surface area (Å²) in [6.07, 6.45) is 2.47. The van der Waals surface area contributed by atoms with Gasteiger partial charge in [-0.25, -0.2) is 8.42 Å². The molecule has 0 bridgehead atoms. The molecule has 6 heteroatoms. The maximum Gasteiger partial charge on any atom is 0.233 e. The van der Waals surface area contributed by atoms with Gasteiger partial charge in [0.25, 0.3) is 0 Å². The average molecular weight is 426 g/mol. The molecular formula is C24H31N3O2S. The fourth-order valence-corrected chi connectivity index (χ4v) is 4.74. The Kier molecular flexibility index (Phi) is 7.34. The largest absolute Gasteiger partial charge is 0.388 e. The predicted octanol–water partition coefficient (Wildman–Crippen LogP) is 4.36. The Morgan fingerprint density at radius 2 is 1.67 bits per heavy atom. The lowest BCUT2D eigenvalue weighted by molar-refractivity contribution is 0.400. The lowest BCUT2D eigenvalue weighted by atomic mass is 10.0. The van der Waals surface area contributed by atoms with Gasteiger partial charge >= 0.3 is 0 Å². The first kappa shape index (κ1) is 22.1. The van der Waals surface area contributed by atoms with Gasteiger partial charge in [-0.15, -0.1) is 0 Å². The predicted molar refractivity (Wildman–Crippen MR) is 128 cm³/mol. The van der Waals surface area contributed by atoms with Crippen molar-refractivity contribution in [3.8, 4) is 0 Å². The van der Waals surface area contributed by atoms with Crippen molar-refractivity contribution in [2.45, 2.75) is 19.3 Å². The van der Waals surface area contributed by atoms with Gasteiger partial charge in [-0.2, -0.15) is 0 Å². The number of nitrogens with zero attached hydrogens (tertiary/aromatic N) is 1. The van der Waals surface area contributed by atoms with E-state index in [0.29, 0.717) is 12.1 Å². The zero-order chi connectivity index (χ0) is 21.6. The van der Waals surface area contributed by atoms with Crippen molar-refractivity contribution in [1.29, 1.82) is 0 Å². The molecule has 0 aliphatic rings. The van der Waals surface area contributed by atoms with Gasteiger partial charge in [-0.05, 0) is 73.9 Å². The van der Waals surface area contributed by atoms with E-state index in [4.69, 9.17) is 0 Å². The highest BCUT2D eigenvalue weighted by Gasteiger charge is 2.13. The molecule has 0 atom stereocenters. The molecule has 0 saturated heterocycles. The van der Waals surface area contributed by atoms with Gasteiger partial charge in [0.05, 0.1) is 11.4 Å². The number of hydrogen-bond donors (Lipinski definition) is 2. The Morgan fingerprint density at radius 3 is 2.43 bits per heavy atom. The standard InChI is InChI=1S/C24H31N3O2S/c1-25-24-18-22(14-13-21(24)11-7-16-27(2)3)26-30(28,29)17-15-20-10-6-9-19-8-4-5-12-23(19)20/h4-6,8-10,12-14,18,25-26H,7,11,15-17H2,1-3H3. The summed E-state index contributed by atoms with van der Waals surface area (Å²) in [6, 6.07) is 19.8. The van der Waals surface area contributed by atoms with Gasteiger partial charge in [0, 0.05) is 12.7 Å². The molecule has 160 valence electrons. The third-order valence-electron chi connectivity index (χ3n) is 5.22. The Morgan fingerprint density at radius 1 is 0.900 bits per heavy atom. The molecule has 3 aromatic carbocycles. The first-order valence-electron chi connectivity index (χ1n) is 10.3. The normalized spacial score (nSPS) is 11.7. The molecule has 5 nitrogen and oxygen atoms in total. The molecule has 0 aromatic heterocycles. The van der Waals surface area contributed by atoms with Gasteiger partial charge in [-0.3, -0.25) is 4.72 Å². The first-order valence-corrected chi connectivity index (χ1v) is 12.0. The summed E-state index contributed by atoms with van der Waals surface area (Å²) in [4.78, 5) is 2.16. The second-order valence-electron chi connectivity index (χ2n) is 7.84. The third-order valence-corrected chi connectivity index (χ3v) is 6.51. The molecule has 3 rings (SSSR count). The van der Waals surface area contributed by atoms with E-state index in [1.807, 2.05) is 67.7 Å². The van der Waals surface area contributed by atoms with Gasteiger partial charge in [0.1, 0.15) is 0 Å². The molecule has 0 radical (unpaired) electrons. The number of aryl methyl sites for hydroxylation is 2. The maximum absolute atomic E-state index is 12.7. The fourth-order valence-electron chi connectivity index (χ4n) is 3.66. The number of sulfonamides is 1. The van der Waals surface area contributed by atoms with Crippen molar-refractivity contribution >= 4 is 32.2 Å². The topological polar surface area (TPSA) is 61.4 Å². The second-order valence-corrected chi connectivity index (χ2v) is 9.68. The summed E-state index contributed by atoms with van der Waals surface area (Å²) >= 11 is 0. The Hall–Kier alpha value is -2.57. The zero-order valence-corrected chi connectivity index (χ0v) is 18.8. The smallest absolute Gasteiger partial charge is 0.233 e. The first-order chi connectivity index (χ1) is 14.4. The molecule has 3 aromatic rings. The molecule has 30 heavy (non-hydrogen) atoms. The van der Waals surface area contributed by atoms with E-state index in [1.165, 1.54) is 5.56 Å². The summed E-state index contributed by atoms with van der Waals surface area (Å²) in [5.41, 5.74) is 3.79. The van der Waals surface area contributed by atoms with E-state index >= 15 is 0 Å². The molecule has 0 spiro atoms. The van der Waals surface area contributed by atoms with Crippen molar-refractivity contribution in [1.82, 2.24) is 4.90 Å². The molecule has 0 amide bonds. The molecule has 2 N–H and O–H groups in total. The molecule has 0 aliphatic carbocycles. The van der Waals surface area contributed by atoms with Crippen LogP contribution in [0.25, 0.3) is 10.8 Å². The monoisotopic (exact) mass is 425 g/mol. The second kappa shape index (κ2) is 9.96. The number of nitrogens with one attached hydrogen (secondary N) is 2. The lowest BCUT2D eigenvalue weighted by Crippen LogP contribution is -2.18. The van der Waals surface area contributed by atoms with Crippen LogP contribution in [0.15, 0.2) is 60.7 Å². The maximum atomic E-state index is 12.7. The van der Waals surface area contributed by atoms with Gasteiger partial charge < -0.3 is 10.2 Å². The van der Waals surface area contributed by atoms with Crippen LogP contribution in [0.1, 0.15) is 17.5 Å². The molecular weight excluding hydrogens is 394 g/mol. The highest BCUT2D eigenvalue weighted by atomic mass is 32.2. The van der Waals surface area contributed by atoms with Gasteiger partial charge in [-0.1, -0.05) is 48.5 Å². The van der Waals surface area contributed by atoms with Crippen molar-refractivity contribution in [2.24, 2.45) is 0 Å². The highest BCUT2D eigenvalue weighted by molar-refractivity contribution is 7.92. The number of fused-ring (bicyclic) bond motifs is 1. The fraction of sp³-hybridized carbons (Fsp3) is 0.333. The number of anilines is 2. The molecule has 0 fully saturated rings. The van der Waals surface area contributed by atoms with Crippen molar-refractivity contribution in [3.05, 3.63) is 71.8 Å². The summed E-state index contributed by atoms with van der Waals surface area (Å²) in [5.74, 6) is 0.0421. The summed E-state index contributed by atoms with van der Waals surface area (Å²) < 4.78 is 28.1. The van der Waals surface area contributed by atoms with E-state index in [9.17, 15) is 8.42 Å². The van der Waals surface area contributed by atoms with Crippen LogP contribution in [0.3, 0.4) is 0 Å². The molecule has 0 unspecified atom stereocenters. The zero-order valence-electron chi connectivity index (χ0n) is 18.0. The minimum absolute atomic E-state index is 0.0421. The third kappa shape index (κ3) is 5.97. The summed E-state index contributed by atoms with van der Waals surface area (Å²) in [5, 5.41) is 5.42. The van der Waals surface area contributed by atoms with Crippen molar-refractivity contribution < 1.29 is 8.42 Å². The molecule has 0 heterocycles. The number of rotatable bonds is 10. The van der Waals surface area contributed by atoms with E-state index in [2.05, 4.69) is 29.0 Å². The Balaban J connectivity index is 1.67. The Bertz CT molecular complexity index is 1090. The summed E-state index contributed by atoms with van der Waals surface area (Å²) in [7, 11) is 2.54. The molecule has 0 saturated carbocycles. The van der Waals surface area contributed by atoms with Gasteiger partial charge in [0.15, 0.2) is 0 Å². The highest BCUT2D eigenvalue weighted by Crippen LogP contribution is 2.24. The van der Waals surface area contributed by atoms with E-state index in [-0.39, 0.29) is 5.75 Å². The van der Waals surface area contributed by atoms with Crippen LogP contribution < -0.4 is 10.0 Å².